The predicted molar refractivity (Wildman–Crippen MR) is 75.1 cm³/mol. The molecule has 2 aromatic rings. The molecule has 3 heteroatoms. The number of hydrogen-bond donors (Lipinski definition) is 1. The maximum atomic E-state index is 6.24. The summed E-state index contributed by atoms with van der Waals surface area (Å²) in [5.74, 6) is 1.36. The summed E-state index contributed by atoms with van der Waals surface area (Å²) in [7, 11) is 1.90. The van der Waals surface area contributed by atoms with Crippen LogP contribution in [0.15, 0.2) is 18.2 Å². The van der Waals surface area contributed by atoms with E-state index in [1.54, 1.807) is 0 Å². The molecule has 0 amide bonds. The molecule has 0 bridgehead atoms. The maximum Gasteiger partial charge on any atom is 0.129 e. The van der Waals surface area contributed by atoms with Crippen LogP contribution < -0.4 is 5.32 Å². The van der Waals surface area contributed by atoms with E-state index >= 15 is 0 Å². The Morgan fingerprint density at radius 3 is 2.59 bits per heavy atom. The van der Waals surface area contributed by atoms with Crippen molar-refractivity contribution in [2.45, 2.75) is 26.7 Å². The van der Waals surface area contributed by atoms with Gasteiger partial charge < -0.3 is 5.32 Å². The minimum atomic E-state index is 0.422. The lowest BCUT2D eigenvalue weighted by Gasteiger charge is -2.14. The second kappa shape index (κ2) is 4.53. The van der Waals surface area contributed by atoms with Crippen LogP contribution in [0.2, 0.25) is 5.02 Å². The van der Waals surface area contributed by atoms with Crippen molar-refractivity contribution >= 4 is 28.3 Å². The molecule has 0 radical (unpaired) electrons. The summed E-state index contributed by atoms with van der Waals surface area (Å²) in [6.45, 7) is 6.38. The van der Waals surface area contributed by atoms with Crippen molar-refractivity contribution in [1.29, 1.82) is 0 Å². The van der Waals surface area contributed by atoms with Gasteiger partial charge in [-0.2, -0.15) is 0 Å². The number of fused-ring (bicyclic) bond motifs is 1. The fourth-order valence-electron chi connectivity index (χ4n) is 2.02. The van der Waals surface area contributed by atoms with Crippen molar-refractivity contribution in [2.24, 2.45) is 0 Å². The number of pyridine rings is 1. The van der Waals surface area contributed by atoms with Gasteiger partial charge in [-0.15, -0.1) is 0 Å². The molecule has 2 rings (SSSR count). The average Bonchev–Trinajstić information content (AvgIpc) is 2.32. The number of nitrogens with one attached hydrogen (secondary N) is 1. The van der Waals surface area contributed by atoms with Gasteiger partial charge in [0.15, 0.2) is 0 Å². The van der Waals surface area contributed by atoms with Gasteiger partial charge >= 0.3 is 0 Å². The molecular formula is C14H17ClN2. The number of aromatic nitrogens is 1. The van der Waals surface area contributed by atoms with E-state index in [-0.39, 0.29) is 0 Å². The van der Waals surface area contributed by atoms with Gasteiger partial charge in [0.2, 0.25) is 0 Å². The number of anilines is 1. The maximum absolute atomic E-state index is 6.24. The van der Waals surface area contributed by atoms with E-state index in [1.807, 2.05) is 19.2 Å². The summed E-state index contributed by atoms with van der Waals surface area (Å²) in [5, 5.41) is 4.96. The van der Waals surface area contributed by atoms with Crippen molar-refractivity contribution < 1.29 is 0 Å². The summed E-state index contributed by atoms with van der Waals surface area (Å²) < 4.78 is 0. The Hall–Kier alpha value is -1.28. The van der Waals surface area contributed by atoms with Crippen LogP contribution >= 0.6 is 11.6 Å². The van der Waals surface area contributed by atoms with Crippen LogP contribution in [0.25, 0.3) is 10.9 Å². The molecule has 90 valence electrons. The SMILES string of the molecule is CNc1nc2c(C)ccc(Cl)c2cc1C(C)C. The van der Waals surface area contributed by atoms with Crippen LogP contribution in [0.3, 0.4) is 0 Å². The van der Waals surface area contributed by atoms with E-state index in [9.17, 15) is 0 Å². The first-order valence-corrected chi connectivity index (χ1v) is 6.20. The summed E-state index contributed by atoms with van der Waals surface area (Å²) in [6.07, 6.45) is 0. The summed E-state index contributed by atoms with van der Waals surface area (Å²) in [5.41, 5.74) is 3.33. The zero-order chi connectivity index (χ0) is 12.6. The smallest absolute Gasteiger partial charge is 0.129 e. The van der Waals surface area contributed by atoms with E-state index in [0.29, 0.717) is 5.92 Å². The largest absolute Gasteiger partial charge is 0.373 e. The molecule has 2 nitrogen and oxygen atoms in total. The molecule has 1 aromatic carbocycles. The van der Waals surface area contributed by atoms with Crippen LogP contribution in [0, 0.1) is 6.92 Å². The van der Waals surface area contributed by atoms with Crippen LogP contribution in [0.4, 0.5) is 5.82 Å². The molecule has 0 unspecified atom stereocenters. The molecule has 1 aromatic heterocycles. The molecule has 1 heterocycles. The van der Waals surface area contributed by atoms with Crippen molar-refractivity contribution in [3.05, 3.63) is 34.3 Å². The normalized spacial score (nSPS) is 11.2. The van der Waals surface area contributed by atoms with E-state index in [4.69, 9.17) is 11.6 Å². The monoisotopic (exact) mass is 248 g/mol. The molecular weight excluding hydrogens is 232 g/mol. The van der Waals surface area contributed by atoms with E-state index in [2.05, 4.69) is 37.1 Å². The zero-order valence-corrected chi connectivity index (χ0v) is 11.4. The quantitative estimate of drug-likeness (QED) is 0.854. The summed E-state index contributed by atoms with van der Waals surface area (Å²) in [4.78, 5) is 4.68. The zero-order valence-electron chi connectivity index (χ0n) is 10.6. The highest BCUT2D eigenvalue weighted by molar-refractivity contribution is 6.35. The third-order valence-corrected chi connectivity index (χ3v) is 3.35. The van der Waals surface area contributed by atoms with Gasteiger partial charge in [-0.05, 0) is 36.1 Å². The van der Waals surface area contributed by atoms with Crippen molar-refractivity contribution in [2.75, 3.05) is 12.4 Å². The molecule has 1 N–H and O–H groups in total. The van der Waals surface area contributed by atoms with Crippen LogP contribution in [-0.4, -0.2) is 12.0 Å². The Labute approximate surface area is 107 Å². The van der Waals surface area contributed by atoms with Gasteiger partial charge in [0.25, 0.3) is 0 Å². The van der Waals surface area contributed by atoms with E-state index in [1.165, 1.54) is 5.56 Å². The first kappa shape index (κ1) is 12.2. The Balaban J connectivity index is 2.83. The topological polar surface area (TPSA) is 24.9 Å². The number of aryl methyl sites for hydroxylation is 1. The molecule has 0 aliphatic carbocycles. The van der Waals surface area contributed by atoms with Crippen molar-refractivity contribution in [3.63, 3.8) is 0 Å². The Morgan fingerprint density at radius 1 is 1.29 bits per heavy atom. The van der Waals surface area contributed by atoms with Gasteiger partial charge in [0.05, 0.1) is 5.52 Å². The standard InChI is InChI=1S/C14H17ClN2/c1-8(2)10-7-11-12(15)6-5-9(3)13(11)17-14(10)16-4/h5-8H,1-4H3,(H,16,17). The second-order valence-electron chi connectivity index (χ2n) is 4.59. The number of halogens is 1. The van der Waals surface area contributed by atoms with Crippen LogP contribution in [0.1, 0.15) is 30.9 Å². The molecule has 0 spiro atoms. The molecule has 0 saturated carbocycles. The Bertz CT molecular complexity index is 562. The van der Waals surface area contributed by atoms with Crippen LogP contribution in [-0.2, 0) is 0 Å². The molecule has 0 fully saturated rings. The minimum absolute atomic E-state index is 0.422. The molecule has 17 heavy (non-hydrogen) atoms. The number of rotatable bonds is 2. The Morgan fingerprint density at radius 2 is 2.00 bits per heavy atom. The number of hydrogen-bond acceptors (Lipinski definition) is 2. The highest BCUT2D eigenvalue weighted by atomic mass is 35.5. The molecule has 0 atom stereocenters. The third kappa shape index (κ3) is 2.09. The summed E-state index contributed by atoms with van der Waals surface area (Å²) >= 11 is 6.24. The van der Waals surface area contributed by atoms with Crippen molar-refractivity contribution in [3.8, 4) is 0 Å². The predicted octanol–water partition coefficient (Wildman–Crippen LogP) is 4.36. The highest BCUT2D eigenvalue weighted by Gasteiger charge is 2.12. The highest BCUT2D eigenvalue weighted by Crippen LogP contribution is 2.31. The fraction of sp³-hybridized carbons (Fsp3) is 0.357. The molecule has 0 aliphatic rings. The summed E-state index contributed by atoms with van der Waals surface area (Å²) in [6, 6.07) is 6.09. The first-order valence-electron chi connectivity index (χ1n) is 5.82. The third-order valence-electron chi connectivity index (χ3n) is 3.02. The first-order chi connectivity index (χ1) is 8.04. The number of benzene rings is 1. The average molecular weight is 249 g/mol. The lowest BCUT2D eigenvalue weighted by Crippen LogP contribution is -2.01. The molecule has 0 aliphatic heterocycles. The van der Waals surface area contributed by atoms with Crippen LogP contribution in [0.5, 0.6) is 0 Å². The number of nitrogens with zero attached hydrogens (tertiary/aromatic N) is 1. The van der Waals surface area contributed by atoms with Gasteiger partial charge in [-0.3, -0.25) is 0 Å². The lowest BCUT2D eigenvalue weighted by molar-refractivity contribution is 0.864. The van der Waals surface area contributed by atoms with Gasteiger partial charge in [-0.1, -0.05) is 31.5 Å². The second-order valence-corrected chi connectivity index (χ2v) is 5.00. The molecule has 0 saturated heterocycles. The van der Waals surface area contributed by atoms with Gasteiger partial charge in [0.1, 0.15) is 5.82 Å². The Kier molecular flexibility index (Phi) is 3.25. The van der Waals surface area contributed by atoms with Gasteiger partial charge in [-0.25, -0.2) is 4.98 Å². The van der Waals surface area contributed by atoms with E-state index in [0.717, 1.165) is 27.3 Å². The minimum Gasteiger partial charge on any atom is -0.373 e. The van der Waals surface area contributed by atoms with Crippen molar-refractivity contribution in [1.82, 2.24) is 4.98 Å². The van der Waals surface area contributed by atoms with Gasteiger partial charge in [0, 0.05) is 17.5 Å². The lowest BCUT2D eigenvalue weighted by atomic mass is 10.0. The van der Waals surface area contributed by atoms with E-state index < -0.39 is 0 Å². The fourth-order valence-corrected chi connectivity index (χ4v) is 2.23.